The summed E-state index contributed by atoms with van der Waals surface area (Å²) in [7, 11) is 0. The maximum Gasteiger partial charge on any atom is 0.231 e. The van der Waals surface area contributed by atoms with Crippen LogP contribution >= 0.6 is 11.8 Å². The Kier molecular flexibility index (Phi) is 5.06. The van der Waals surface area contributed by atoms with Gasteiger partial charge in [0, 0.05) is 10.8 Å². The Balaban J connectivity index is 2.03. The first-order valence-electron chi connectivity index (χ1n) is 7.14. The first-order chi connectivity index (χ1) is 9.87. The van der Waals surface area contributed by atoms with Gasteiger partial charge in [-0.3, -0.25) is 0 Å². The second-order valence-electron chi connectivity index (χ2n) is 6.18. The highest BCUT2D eigenvalue weighted by Gasteiger charge is 2.23. The molecule has 5 heteroatoms. The van der Waals surface area contributed by atoms with Gasteiger partial charge in [0.25, 0.3) is 0 Å². The number of rotatable bonds is 5. The van der Waals surface area contributed by atoms with Gasteiger partial charge in [-0.2, -0.15) is 4.98 Å². The van der Waals surface area contributed by atoms with E-state index in [4.69, 9.17) is 10.3 Å². The predicted molar refractivity (Wildman–Crippen MR) is 87.1 cm³/mol. The lowest BCUT2D eigenvalue weighted by Crippen LogP contribution is -2.17. The highest BCUT2D eigenvalue weighted by Crippen LogP contribution is 2.29. The van der Waals surface area contributed by atoms with Crippen molar-refractivity contribution < 1.29 is 4.52 Å². The van der Waals surface area contributed by atoms with Crippen LogP contribution in [0.1, 0.15) is 56.9 Å². The van der Waals surface area contributed by atoms with E-state index in [1.165, 1.54) is 0 Å². The van der Waals surface area contributed by atoms with Gasteiger partial charge in [0.05, 0.1) is 11.7 Å². The van der Waals surface area contributed by atoms with Crippen molar-refractivity contribution in [2.75, 3.05) is 0 Å². The summed E-state index contributed by atoms with van der Waals surface area (Å²) in [6, 6.07) is 9.86. The number of hydrogen-bond acceptors (Lipinski definition) is 5. The van der Waals surface area contributed by atoms with Gasteiger partial charge in [0.1, 0.15) is 0 Å². The van der Waals surface area contributed by atoms with Crippen molar-refractivity contribution in [3.8, 4) is 0 Å². The predicted octanol–water partition coefficient (Wildman–Crippen LogP) is 3.90. The SMILES string of the molecule is CC(c1nc(CSC(C)(C)C)no1)C(N)c1ccccc1. The standard InChI is InChI=1S/C16H23N3OS/c1-11(14(17)12-8-6-5-7-9-12)15-18-13(19-20-15)10-21-16(2,3)4/h5-9,11,14H,10,17H2,1-4H3. The number of nitrogens with two attached hydrogens (primary N) is 1. The molecule has 21 heavy (non-hydrogen) atoms. The minimum atomic E-state index is -0.144. The monoisotopic (exact) mass is 305 g/mol. The van der Waals surface area contributed by atoms with E-state index in [2.05, 4.69) is 30.9 Å². The Morgan fingerprint density at radius 2 is 1.90 bits per heavy atom. The lowest BCUT2D eigenvalue weighted by atomic mass is 9.95. The van der Waals surface area contributed by atoms with Gasteiger partial charge in [-0.15, -0.1) is 11.8 Å². The summed E-state index contributed by atoms with van der Waals surface area (Å²) in [6.07, 6.45) is 0. The number of hydrogen-bond donors (Lipinski definition) is 1. The van der Waals surface area contributed by atoms with Crippen molar-refractivity contribution in [3.05, 3.63) is 47.6 Å². The fourth-order valence-electron chi connectivity index (χ4n) is 1.91. The molecule has 0 aliphatic heterocycles. The molecule has 2 unspecified atom stereocenters. The fourth-order valence-corrected chi connectivity index (χ4v) is 2.59. The van der Waals surface area contributed by atoms with Crippen LogP contribution < -0.4 is 5.73 Å². The lowest BCUT2D eigenvalue weighted by molar-refractivity contribution is 0.341. The normalized spacial score (nSPS) is 14.9. The molecule has 0 saturated heterocycles. The molecule has 0 fully saturated rings. The van der Waals surface area contributed by atoms with Crippen LogP contribution in [0.5, 0.6) is 0 Å². The molecule has 0 aliphatic rings. The molecule has 1 aromatic carbocycles. The van der Waals surface area contributed by atoms with Crippen LogP contribution in [0.4, 0.5) is 0 Å². The smallest absolute Gasteiger partial charge is 0.231 e. The maximum atomic E-state index is 6.29. The van der Waals surface area contributed by atoms with Gasteiger partial charge in [-0.25, -0.2) is 0 Å². The van der Waals surface area contributed by atoms with Crippen molar-refractivity contribution in [1.29, 1.82) is 0 Å². The third-order valence-electron chi connectivity index (χ3n) is 3.23. The van der Waals surface area contributed by atoms with Crippen molar-refractivity contribution in [3.63, 3.8) is 0 Å². The van der Waals surface area contributed by atoms with Gasteiger partial charge >= 0.3 is 0 Å². The largest absolute Gasteiger partial charge is 0.339 e. The highest BCUT2D eigenvalue weighted by atomic mass is 32.2. The zero-order chi connectivity index (χ0) is 15.5. The second kappa shape index (κ2) is 6.62. The van der Waals surface area contributed by atoms with Gasteiger partial charge in [-0.05, 0) is 5.56 Å². The zero-order valence-electron chi connectivity index (χ0n) is 13.0. The molecule has 2 aromatic rings. The minimum absolute atomic E-state index is 0.00622. The molecule has 2 rings (SSSR count). The van der Waals surface area contributed by atoms with E-state index < -0.39 is 0 Å². The summed E-state index contributed by atoms with van der Waals surface area (Å²) < 4.78 is 5.57. The summed E-state index contributed by atoms with van der Waals surface area (Å²) in [5.74, 6) is 2.08. The van der Waals surface area contributed by atoms with Crippen LogP contribution in [0.2, 0.25) is 0 Å². The van der Waals surface area contributed by atoms with Crippen LogP contribution in [-0.4, -0.2) is 14.9 Å². The molecule has 1 heterocycles. The number of thioether (sulfide) groups is 1. The minimum Gasteiger partial charge on any atom is -0.339 e. The molecule has 0 saturated carbocycles. The molecule has 2 N–H and O–H groups in total. The lowest BCUT2D eigenvalue weighted by Gasteiger charge is -2.16. The summed E-state index contributed by atoms with van der Waals surface area (Å²) in [5, 5.41) is 4.05. The third kappa shape index (κ3) is 4.58. The zero-order valence-corrected chi connectivity index (χ0v) is 13.9. The molecule has 1 aromatic heterocycles. The molecular formula is C16H23N3OS. The Morgan fingerprint density at radius 3 is 2.52 bits per heavy atom. The number of aromatic nitrogens is 2. The van der Waals surface area contributed by atoms with Gasteiger partial charge in [0.2, 0.25) is 5.89 Å². The van der Waals surface area contributed by atoms with Gasteiger partial charge < -0.3 is 10.3 Å². The number of benzene rings is 1. The van der Waals surface area contributed by atoms with Gasteiger partial charge in [0.15, 0.2) is 5.82 Å². The molecule has 0 bridgehead atoms. The molecule has 0 spiro atoms. The van der Waals surface area contributed by atoms with Crippen molar-refractivity contribution in [1.82, 2.24) is 10.1 Å². The Hall–Kier alpha value is -1.33. The van der Waals surface area contributed by atoms with Crippen molar-refractivity contribution in [2.45, 2.75) is 50.2 Å². The maximum absolute atomic E-state index is 6.29. The van der Waals surface area contributed by atoms with Crippen LogP contribution in [0.25, 0.3) is 0 Å². The van der Waals surface area contributed by atoms with Crippen LogP contribution in [0.3, 0.4) is 0 Å². The topological polar surface area (TPSA) is 64.9 Å². The Bertz CT molecular complexity index is 562. The highest BCUT2D eigenvalue weighted by molar-refractivity contribution is 7.99. The average Bonchev–Trinajstić information content (AvgIpc) is 2.93. The van der Waals surface area contributed by atoms with Crippen LogP contribution in [-0.2, 0) is 5.75 Å². The van der Waals surface area contributed by atoms with E-state index >= 15 is 0 Å². The Morgan fingerprint density at radius 1 is 1.24 bits per heavy atom. The van der Waals surface area contributed by atoms with E-state index in [-0.39, 0.29) is 16.7 Å². The van der Waals surface area contributed by atoms with Gasteiger partial charge in [-0.1, -0.05) is 63.2 Å². The van der Waals surface area contributed by atoms with E-state index in [0.717, 1.165) is 17.1 Å². The van der Waals surface area contributed by atoms with Crippen LogP contribution in [0.15, 0.2) is 34.9 Å². The summed E-state index contributed by atoms with van der Waals surface area (Å²) in [6.45, 7) is 8.54. The molecule has 114 valence electrons. The fraction of sp³-hybridized carbons (Fsp3) is 0.500. The number of nitrogens with zero attached hydrogens (tertiary/aromatic N) is 2. The first kappa shape index (κ1) is 16.0. The molecule has 2 atom stereocenters. The summed E-state index contributed by atoms with van der Waals surface area (Å²) >= 11 is 1.80. The summed E-state index contributed by atoms with van der Waals surface area (Å²) in [4.78, 5) is 4.48. The molecule has 0 radical (unpaired) electrons. The molecule has 4 nitrogen and oxygen atoms in total. The van der Waals surface area contributed by atoms with Crippen molar-refractivity contribution in [2.24, 2.45) is 5.73 Å². The summed E-state index contributed by atoms with van der Waals surface area (Å²) in [5.41, 5.74) is 7.37. The van der Waals surface area contributed by atoms with Crippen LogP contribution in [0, 0.1) is 0 Å². The molecule has 0 amide bonds. The molecule has 0 aliphatic carbocycles. The van der Waals surface area contributed by atoms with Crippen molar-refractivity contribution >= 4 is 11.8 Å². The van der Waals surface area contributed by atoms with E-state index in [9.17, 15) is 0 Å². The third-order valence-corrected chi connectivity index (χ3v) is 4.50. The van der Waals surface area contributed by atoms with E-state index in [0.29, 0.717) is 5.89 Å². The Labute approximate surface area is 130 Å². The average molecular weight is 305 g/mol. The molecular weight excluding hydrogens is 282 g/mol. The quantitative estimate of drug-likeness (QED) is 0.907. The first-order valence-corrected chi connectivity index (χ1v) is 8.12. The van der Waals surface area contributed by atoms with E-state index in [1.54, 1.807) is 11.8 Å². The van der Waals surface area contributed by atoms with E-state index in [1.807, 2.05) is 37.3 Å². The second-order valence-corrected chi connectivity index (χ2v) is 7.98.